The van der Waals surface area contributed by atoms with E-state index in [-0.39, 0.29) is 5.91 Å². The lowest BCUT2D eigenvalue weighted by Gasteiger charge is -2.30. The van der Waals surface area contributed by atoms with Crippen LogP contribution in [0.4, 0.5) is 0 Å². The van der Waals surface area contributed by atoms with Gasteiger partial charge in [-0.2, -0.15) is 11.8 Å². The molecule has 1 saturated heterocycles. The molecule has 3 nitrogen and oxygen atoms in total. The predicted molar refractivity (Wildman–Crippen MR) is 63.8 cm³/mol. The average Bonchev–Trinajstić information content (AvgIpc) is 2.72. The molecule has 1 saturated carbocycles. The molecule has 1 amide bonds. The maximum Gasteiger partial charge on any atom is 0.216 e. The van der Waals surface area contributed by atoms with E-state index in [1.807, 2.05) is 11.8 Å². The molecule has 15 heavy (non-hydrogen) atoms. The van der Waals surface area contributed by atoms with Gasteiger partial charge in [-0.05, 0) is 25.2 Å². The number of carbonyl (C=O) groups is 1. The van der Waals surface area contributed by atoms with Gasteiger partial charge in [0.1, 0.15) is 0 Å². The van der Waals surface area contributed by atoms with Gasteiger partial charge in [0.25, 0.3) is 0 Å². The van der Waals surface area contributed by atoms with Crippen molar-refractivity contribution in [3.05, 3.63) is 0 Å². The number of nitrogens with two attached hydrogens (primary N) is 1. The molecule has 0 aromatic heterocycles. The van der Waals surface area contributed by atoms with Crippen LogP contribution in [-0.2, 0) is 4.79 Å². The van der Waals surface area contributed by atoms with Crippen molar-refractivity contribution >= 4 is 17.7 Å². The molecule has 0 radical (unpaired) electrons. The van der Waals surface area contributed by atoms with Crippen LogP contribution < -0.4 is 11.1 Å². The number of amides is 1. The molecule has 1 spiro atoms. The van der Waals surface area contributed by atoms with Crippen molar-refractivity contribution in [2.75, 3.05) is 12.3 Å². The molecule has 0 bridgehead atoms. The third-order valence-electron chi connectivity index (χ3n) is 3.69. The van der Waals surface area contributed by atoms with Crippen LogP contribution in [-0.4, -0.2) is 29.0 Å². The lowest BCUT2D eigenvalue weighted by atomic mass is 9.89. The smallest absolute Gasteiger partial charge is 0.216 e. The lowest BCUT2D eigenvalue weighted by Crippen LogP contribution is -2.38. The summed E-state index contributed by atoms with van der Waals surface area (Å²) >= 11 is 2.04. The first-order valence-electron chi connectivity index (χ1n) is 5.76. The number of hydrogen-bond acceptors (Lipinski definition) is 3. The van der Waals surface area contributed by atoms with Gasteiger partial charge in [-0.1, -0.05) is 6.42 Å². The molecule has 1 aliphatic heterocycles. The number of carbonyl (C=O) groups excluding carboxylic acids is 1. The normalized spacial score (nSPS) is 39.9. The molecule has 86 valence electrons. The minimum Gasteiger partial charge on any atom is -0.356 e. The summed E-state index contributed by atoms with van der Waals surface area (Å²) in [5.41, 5.74) is 6.00. The minimum absolute atomic E-state index is 0.0874. The maximum atomic E-state index is 10.9. The van der Waals surface area contributed by atoms with Crippen LogP contribution in [0.2, 0.25) is 0 Å². The Hall–Kier alpha value is -0.220. The molecule has 2 fully saturated rings. The summed E-state index contributed by atoms with van der Waals surface area (Å²) < 4.78 is 0.391. The molecular formula is C11H20N2OS. The molecular weight excluding hydrogens is 208 g/mol. The van der Waals surface area contributed by atoms with E-state index >= 15 is 0 Å². The summed E-state index contributed by atoms with van der Waals surface area (Å²) in [6.45, 7) is 2.43. The third kappa shape index (κ3) is 2.31. The third-order valence-corrected chi connectivity index (χ3v) is 5.56. The SMILES string of the molecule is CC(=O)NCC1CCCC12CC(N)CS2. The minimum atomic E-state index is 0.0874. The topological polar surface area (TPSA) is 55.1 Å². The number of hydrogen-bond donors (Lipinski definition) is 2. The average molecular weight is 228 g/mol. The van der Waals surface area contributed by atoms with E-state index in [9.17, 15) is 4.79 Å². The first-order chi connectivity index (χ1) is 7.12. The van der Waals surface area contributed by atoms with Gasteiger partial charge in [-0.3, -0.25) is 4.79 Å². The summed E-state index contributed by atoms with van der Waals surface area (Å²) in [7, 11) is 0. The molecule has 3 unspecified atom stereocenters. The zero-order valence-corrected chi connectivity index (χ0v) is 10.1. The Morgan fingerprint density at radius 3 is 3.07 bits per heavy atom. The van der Waals surface area contributed by atoms with Crippen LogP contribution in [0.25, 0.3) is 0 Å². The van der Waals surface area contributed by atoms with E-state index in [1.165, 1.54) is 19.3 Å². The molecule has 3 N–H and O–H groups in total. The van der Waals surface area contributed by atoms with Crippen LogP contribution in [0, 0.1) is 5.92 Å². The number of nitrogens with one attached hydrogen (secondary N) is 1. The second-order valence-corrected chi connectivity index (χ2v) is 6.30. The van der Waals surface area contributed by atoms with Crippen LogP contribution in [0.5, 0.6) is 0 Å². The van der Waals surface area contributed by atoms with Crippen LogP contribution in [0.1, 0.15) is 32.6 Å². The fourth-order valence-corrected chi connectivity index (χ4v) is 4.68. The highest BCUT2D eigenvalue weighted by molar-refractivity contribution is 8.01. The first-order valence-corrected chi connectivity index (χ1v) is 6.75. The van der Waals surface area contributed by atoms with E-state index in [1.54, 1.807) is 6.92 Å². The molecule has 0 aromatic carbocycles. The van der Waals surface area contributed by atoms with Crippen LogP contribution >= 0.6 is 11.8 Å². The predicted octanol–water partition coefficient (Wildman–Crippen LogP) is 1.13. The van der Waals surface area contributed by atoms with Crippen LogP contribution in [0.15, 0.2) is 0 Å². The summed E-state index contributed by atoms with van der Waals surface area (Å²) in [5, 5.41) is 2.96. The fourth-order valence-electron chi connectivity index (χ4n) is 2.96. The molecule has 4 heteroatoms. The summed E-state index contributed by atoms with van der Waals surface area (Å²) in [5.74, 6) is 1.82. The van der Waals surface area contributed by atoms with Gasteiger partial charge in [-0.25, -0.2) is 0 Å². The highest BCUT2D eigenvalue weighted by Gasteiger charge is 2.47. The van der Waals surface area contributed by atoms with Crippen molar-refractivity contribution in [3.8, 4) is 0 Å². The van der Waals surface area contributed by atoms with Gasteiger partial charge in [-0.15, -0.1) is 0 Å². The number of rotatable bonds is 2. The van der Waals surface area contributed by atoms with Gasteiger partial charge < -0.3 is 11.1 Å². The van der Waals surface area contributed by atoms with Gasteiger partial charge in [0.05, 0.1) is 0 Å². The molecule has 2 aliphatic rings. The molecule has 2 rings (SSSR count). The van der Waals surface area contributed by atoms with E-state index in [2.05, 4.69) is 5.32 Å². The van der Waals surface area contributed by atoms with Gasteiger partial charge in [0.2, 0.25) is 5.91 Å². The lowest BCUT2D eigenvalue weighted by molar-refractivity contribution is -0.119. The first kappa shape index (κ1) is 11.3. The van der Waals surface area contributed by atoms with E-state index in [4.69, 9.17) is 5.73 Å². The van der Waals surface area contributed by atoms with Gasteiger partial charge in [0, 0.05) is 30.0 Å². The Bertz CT molecular complexity index is 259. The Labute approximate surface area is 95.6 Å². The largest absolute Gasteiger partial charge is 0.356 e. The van der Waals surface area contributed by atoms with E-state index in [0.717, 1.165) is 18.7 Å². The summed E-state index contributed by atoms with van der Waals surface area (Å²) in [6, 6.07) is 0.368. The van der Waals surface area contributed by atoms with Crippen molar-refractivity contribution in [2.45, 2.75) is 43.4 Å². The van der Waals surface area contributed by atoms with E-state index < -0.39 is 0 Å². The van der Waals surface area contributed by atoms with Crippen molar-refractivity contribution in [1.29, 1.82) is 0 Å². The van der Waals surface area contributed by atoms with Crippen molar-refractivity contribution < 1.29 is 4.79 Å². The fraction of sp³-hybridized carbons (Fsp3) is 0.909. The quantitative estimate of drug-likeness (QED) is 0.745. The highest BCUT2D eigenvalue weighted by atomic mass is 32.2. The molecule has 1 aliphatic carbocycles. The van der Waals surface area contributed by atoms with Gasteiger partial charge in [0.15, 0.2) is 0 Å². The standard InChI is InChI=1S/C11H20N2OS/c1-8(14)13-6-9-3-2-4-11(9)5-10(12)7-15-11/h9-10H,2-7,12H2,1H3,(H,13,14). The Morgan fingerprint density at radius 2 is 2.47 bits per heavy atom. The molecule has 3 atom stereocenters. The summed E-state index contributed by atoms with van der Waals surface area (Å²) in [6.07, 6.45) is 4.97. The monoisotopic (exact) mass is 228 g/mol. The van der Waals surface area contributed by atoms with Gasteiger partial charge >= 0.3 is 0 Å². The zero-order valence-electron chi connectivity index (χ0n) is 9.29. The Morgan fingerprint density at radius 1 is 1.67 bits per heavy atom. The van der Waals surface area contributed by atoms with Crippen molar-refractivity contribution in [1.82, 2.24) is 5.32 Å². The maximum absolute atomic E-state index is 10.9. The van der Waals surface area contributed by atoms with Crippen LogP contribution in [0.3, 0.4) is 0 Å². The number of thioether (sulfide) groups is 1. The molecule has 0 aromatic rings. The second-order valence-electron chi connectivity index (χ2n) is 4.87. The second kappa shape index (κ2) is 4.34. The van der Waals surface area contributed by atoms with Crippen molar-refractivity contribution in [3.63, 3.8) is 0 Å². The highest BCUT2D eigenvalue weighted by Crippen LogP contribution is 2.52. The zero-order chi connectivity index (χ0) is 10.9. The summed E-state index contributed by atoms with van der Waals surface area (Å²) in [4.78, 5) is 10.9. The molecule has 1 heterocycles. The van der Waals surface area contributed by atoms with E-state index in [0.29, 0.717) is 16.7 Å². The Kier molecular flexibility index (Phi) is 3.26. The van der Waals surface area contributed by atoms with Crippen molar-refractivity contribution in [2.24, 2.45) is 11.7 Å². The Balaban J connectivity index is 1.95.